The van der Waals surface area contributed by atoms with Crippen LogP contribution < -0.4 is 5.32 Å². The van der Waals surface area contributed by atoms with Crippen LogP contribution in [-0.4, -0.2) is 36.3 Å². The molecule has 1 aromatic carbocycles. The van der Waals surface area contributed by atoms with Crippen LogP contribution in [0.5, 0.6) is 0 Å². The third kappa shape index (κ3) is 3.46. The Morgan fingerprint density at radius 2 is 1.96 bits per heavy atom. The van der Waals surface area contributed by atoms with Gasteiger partial charge in [0.15, 0.2) is 0 Å². The Morgan fingerprint density at radius 1 is 1.35 bits per heavy atom. The lowest BCUT2D eigenvalue weighted by Gasteiger charge is -2.24. The molecule has 0 fully saturated rings. The summed E-state index contributed by atoms with van der Waals surface area (Å²) in [6.07, 6.45) is -1.19. The second-order valence-corrected chi connectivity index (χ2v) is 5.54. The third-order valence-electron chi connectivity index (χ3n) is 3.34. The van der Waals surface area contributed by atoms with E-state index in [-0.39, 0.29) is 17.7 Å². The van der Waals surface area contributed by atoms with Crippen LogP contribution in [0.25, 0.3) is 0 Å². The molecule has 23 heavy (non-hydrogen) atoms. The molecule has 1 atom stereocenters. The first-order valence-electron chi connectivity index (χ1n) is 6.83. The van der Waals surface area contributed by atoms with Gasteiger partial charge in [-0.25, -0.2) is 13.6 Å². The number of halogens is 2. The van der Waals surface area contributed by atoms with E-state index in [1.165, 1.54) is 27.0 Å². The zero-order valence-electron chi connectivity index (χ0n) is 12.9. The molecule has 0 radical (unpaired) electrons. The van der Waals surface area contributed by atoms with Gasteiger partial charge in [0.05, 0.1) is 18.4 Å². The fourth-order valence-electron chi connectivity index (χ4n) is 2.13. The van der Waals surface area contributed by atoms with E-state index in [1.54, 1.807) is 0 Å². The Balaban J connectivity index is 2.07. The van der Waals surface area contributed by atoms with Gasteiger partial charge in [0, 0.05) is 6.42 Å². The highest BCUT2D eigenvalue weighted by molar-refractivity contribution is 6.04. The van der Waals surface area contributed by atoms with Gasteiger partial charge >= 0.3 is 5.97 Å². The standard InChI is InChI=1S/C15H16F2N2O4/c1-15(2,14(21)22-3)18-13(20)11-7-10(19-23-11)12-8(16)5-4-6-9(12)17/h4-6,11H,7H2,1-3H3,(H,18,20). The molecule has 8 heteroatoms. The van der Waals surface area contributed by atoms with Gasteiger partial charge in [-0.1, -0.05) is 11.2 Å². The first kappa shape index (κ1) is 16.9. The summed E-state index contributed by atoms with van der Waals surface area (Å²) < 4.78 is 32.0. The Morgan fingerprint density at radius 3 is 2.52 bits per heavy atom. The van der Waals surface area contributed by atoms with Crippen molar-refractivity contribution < 1.29 is 27.9 Å². The molecule has 2 rings (SSSR count). The molecule has 6 nitrogen and oxygen atoms in total. The summed E-state index contributed by atoms with van der Waals surface area (Å²) >= 11 is 0. The van der Waals surface area contributed by atoms with Crippen molar-refractivity contribution >= 4 is 17.6 Å². The number of ether oxygens (including phenoxy) is 1. The molecule has 1 amide bonds. The van der Waals surface area contributed by atoms with Crippen molar-refractivity contribution in [3.63, 3.8) is 0 Å². The lowest BCUT2D eigenvalue weighted by Crippen LogP contribution is -2.53. The number of nitrogens with one attached hydrogen (secondary N) is 1. The number of carbonyl (C=O) groups is 2. The van der Waals surface area contributed by atoms with Gasteiger partial charge in [-0.3, -0.25) is 4.79 Å². The summed E-state index contributed by atoms with van der Waals surface area (Å²) in [4.78, 5) is 28.6. The van der Waals surface area contributed by atoms with Crippen LogP contribution in [0.3, 0.4) is 0 Å². The summed E-state index contributed by atoms with van der Waals surface area (Å²) in [6.45, 7) is 2.92. The van der Waals surface area contributed by atoms with E-state index >= 15 is 0 Å². The number of methoxy groups -OCH3 is 1. The number of benzene rings is 1. The number of esters is 1. The number of amides is 1. The van der Waals surface area contributed by atoms with Gasteiger partial charge in [-0.15, -0.1) is 0 Å². The van der Waals surface area contributed by atoms with Crippen molar-refractivity contribution in [2.24, 2.45) is 5.16 Å². The SMILES string of the molecule is COC(=O)C(C)(C)NC(=O)C1CC(c2c(F)cccc2F)=NO1. The van der Waals surface area contributed by atoms with Crippen LogP contribution in [0.15, 0.2) is 23.4 Å². The average Bonchev–Trinajstić information content (AvgIpc) is 2.95. The first-order valence-corrected chi connectivity index (χ1v) is 6.83. The Hall–Kier alpha value is -2.51. The number of rotatable bonds is 4. The topological polar surface area (TPSA) is 77.0 Å². The molecule has 1 aliphatic heterocycles. The molecule has 0 saturated carbocycles. The van der Waals surface area contributed by atoms with Gasteiger partial charge in [-0.2, -0.15) is 0 Å². The molecular weight excluding hydrogens is 310 g/mol. The number of hydrogen-bond donors (Lipinski definition) is 1. The minimum absolute atomic E-state index is 0.00313. The maximum Gasteiger partial charge on any atom is 0.330 e. The summed E-state index contributed by atoms with van der Waals surface area (Å²) in [5.41, 5.74) is -1.59. The minimum Gasteiger partial charge on any atom is -0.467 e. The average molecular weight is 326 g/mol. The molecule has 0 bridgehead atoms. The van der Waals surface area contributed by atoms with Gasteiger partial charge in [-0.05, 0) is 26.0 Å². The van der Waals surface area contributed by atoms with Crippen LogP contribution in [0, 0.1) is 11.6 Å². The van der Waals surface area contributed by atoms with Crippen LogP contribution in [0.1, 0.15) is 25.8 Å². The molecule has 1 heterocycles. The van der Waals surface area contributed by atoms with E-state index in [1.807, 2.05) is 0 Å². The number of carbonyl (C=O) groups excluding carboxylic acids is 2. The van der Waals surface area contributed by atoms with Gasteiger partial charge in [0.2, 0.25) is 6.10 Å². The summed E-state index contributed by atoms with van der Waals surface area (Å²) in [7, 11) is 1.20. The van der Waals surface area contributed by atoms with Gasteiger partial charge in [0.1, 0.15) is 17.2 Å². The Labute approximate surface area is 131 Å². The summed E-state index contributed by atoms with van der Waals surface area (Å²) in [5, 5.41) is 6.04. The molecule has 124 valence electrons. The number of nitrogens with zero attached hydrogens (tertiary/aromatic N) is 1. The van der Waals surface area contributed by atoms with Crippen LogP contribution in [0.4, 0.5) is 8.78 Å². The van der Waals surface area contributed by atoms with Gasteiger partial charge < -0.3 is 14.9 Å². The molecular formula is C15H16F2N2O4. The lowest BCUT2D eigenvalue weighted by molar-refractivity contribution is -0.151. The molecule has 1 aliphatic rings. The molecule has 0 aliphatic carbocycles. The Bertz CT molecular complexity index is 653. The van der Waals surface area contributed by atoms with Crippen LogP contribution >= 0.6 is 0 Å². The monoisotopic (exact) mass is 326 g/mol. The van der Waals surface area contributed by atoms with E-state index in [9.17, 15) is 18.4 Å². The predicted octanol–water partition coefficient (Wildman–Crippen LogP) is 1.53. The molecule has 1 aromatic rings. The van der Waals surface area contributed by atoms with Crippen LogP contribution in [0.2, 0.25) is 0 Å². The van der Waals surface area contributed by atoms with Crippen molar-refractivity contribution in [1.29, 1.82) is 0 Å². The molecule has 0 aromatic heterocycles. The maximum atomic E-state index is 13.7. The molecule has 0 spiro atoms. The van der Waals surface area contributed by atoms with Crippen molar-refractivity contribution in [3.8, 4) is 0 Å². The zero-order chi connectivity index (χ0) is 17.2. The fourth-order valence-corrected chi connectivity index (χ4v) is 2.13. The van der Waals surface area contributed by atoms with E-state index in [0.717, 1.165) is 12.1 Å². The quantitative estimate of drug-likeness (QED) is 0.851. The second kappa shape index (κ2) is 6.31. The fraction of sp³-hybridized carbons (Fsp3) is 0.400. The molecule has 1 unspecified atom stereocenters. The highest BCUT2D eigenvalue weighted by atomic mass is 19.1. The van der Waals surface area contributed by atoms with Crippen molar-refractivity contribution in [2.45, 2.75) is 31.9 Å². The van der Waals surface area contributed by atoms with E-state index in [0.29, 0.717) is 0 Å². The number of oxime groups is 1. The van der Waals surface area contributed by atoms with Gasteiger partial charge in [0.25, 0.3) is 5.91 Å². The lowest BCUT2D eigenvalue weighted by atomic mass is 10.0. The molecule has 1 N–H and O–H groups in total. The molecule has 0 saturated heterocycles. The smallest absolute Gasteiger partial charge is 0.330 e. The third-order valence-corrected chi connectivity index (χ3v) is 3.34. The van der Waals surface area contributed by atoms with E-state index in [4.69, 9.17) is 4.84 Å². The summed E-state index contributed by atoms with van der Waals surface area (Å²) in [5.74, 6) is -2.84. The van der Waals surface area contributed by atoms with Crippen molar-refractivity contribution in [2.75, 3.05) is 7.11 Å². The van der Waals surface area contributed by atoms with Crippen molar-refractivity contribution in [3.05, 3.63) is 35.4 Å². The zero-order valence-corrected chi connectivity index (χ0v) is 12.9. The highest BCUT2D eigenvalue weighted by Gasteiger charge is 2.37. The Kier molecular flexibility index (Phi) is 4.63. The maximum absolute atomic E-state index is 13.7. The van der Waals surface area contributed by atoms with Crippen molar-refractivity contribution in [1.82, 2.24) is 5.32 Å². The van der Waals surface area contributed by atoms with E-state index < -0.39 is 35.2 Å². The highest BCUT2D eigenvalue weighted by Crippen LogP contribution is 2.22. The first-order chi connectivity index (χ1) is 10.8. The minimum atomic E-state index is -1.26. The largest absolute Gasteiger partial charge is 0.467 e. The normalized spacial score (nSPS) is 17.3. The second-order valence-electron chi connectivity index (χ2n) is 5.54. The number of hydrogen-bond acceptors (Lipinski definition) is 5. The van der Waals surface area contributed by atoms with E-state index in [2.05, 4.69) is 15.2 Å². The predicted molar refractivity (Wildman–Crippen MR) is 76.6 cm³/mol. The van der Waals surface area contributed by atoms with Crippen LogP contribution in [-0.2, 0) is 19.2 Å². The summed E-state index contributed by atoms with van der Waals surface area (Å²) in [6, 6.07) is 3.41.